The van der Waals surface area contributed by atoms with Crippen LogP contribution in [0.25, 0.3) is 6.08 Å². The van der Waals surface area contributed by atoms with Crippen molar-refractivity contribution in [2.45, 2.75) is 72.4 Å². The number of piperazine rings is 1. The van der Waals surface area contributed by atoms with E-state index in [0.717, 1.165) is 56.9 Å². The number of nitrogens with zero attached hydrogens (tertiary/aromatic N) is 5. The predicted molar refractivity (Wildman–Crippen MR) is 173 cm³/mol. The molecule has 2 aliphatic rings. The normalized spacial score (nSPS) is 17.1. The van der Waals surface area contributed by atoms with E-state index in [1.807, 2.05) is 26.0 Å². The summed E-state index contributed by atoms with van der Waals surface area (Å²) >= 11 is 6.93. The van der Waals surface area contributed by atoms with Crippen LogP contribution in [-0.2, 0) is 17.9 Å². The number of hydrogen-bond acceptors (Lipinski definition) is 7. The minimum absolute atomic E-state index is 0.0839. The Bertz CT molecular complexity index is 1370. The van der Waals surface area contributed by atoms with Crippen molar-refractivity contribution in [2.75, 3.05) is 37.6 Å². The van der Waals surface area contributed by atoms with Gasteiger partial charge in [-0.3, -0.25) is 24.0 Å². The molecule has 0 unspecified atom stereocenters. The van der Waals surface area contributed by atoms with Gasteiger partial charge in [-0.25, -0.2) is 0 Å². The quantitative estimate of drug-likeness (QED) is 0.172. The summed E-state index contributed by atoms with van der Waals surface area (Å²) in [5.74, 6) is 0.703. The third kappa shape index (κ3) is 7.29. The van der Waals surface area contributed by atoms with Crippen LogP contribution in [0.4, 0.5) is 5.82 Å². The van der Waals surface area contributed by atoms with E-state index in [1.54, 1.807) is 9.47 Å². The van der Waals surface area contributed by atoms with Gasteiger partial charge in [0.1, 0.15) is 21.8 Å². The highest BCUT2D eigenvalue weighted by molar-refractivity contribution is 8.26. The summed E-state index contributed by atoms with van der Waals surface area (Å²) < 4.78 is 2.27. The lowest BCUT2D eigenvalue weighted by molar-refractivity contribution is -0.122. The molecule has 0 radical (unpaired) electrons. The summed E-state index contributed by atoms with van der Waals surface area (Å²) in [6.07, 6.45) is 8.75. The molecule has 1 amide bonds. The number of carbonyl (C=O) groups is 1. The maximum atomic E-state index is 13.5. The van der Waals surface area contributed by atoms with E-state index in [4.69, 9.17) is 12.2 Å². The largest absolute Gasteiger partial charge is 0.355 e. The molecule has 0 aliphatic carbocycles. The topological polar surface area (TPSA) is 72.6 Å². The summed E-state index contributed by atoms with van der Waals surface area (Å²) in [5, 5.41) is 9.89. The summed E-state index contributed by atoms with van der Waals surface area (Å²) in [7, 11) is 0. The van der Waals surface area contributed by atoms with Crippen LogP contribution in [-0.4, -0.2) is 57.3 Å². The maximum Gasteiger partial charge on any atom is 0.270 e. The first-order valence-electron chi connectivity index (χ1n) is 14.8. The first-order chi connectivity index (χ1) is 19.9. The molecule has 2 aliphatic heterocycles. The Hall–Kier alpha value is -2.93. The second-order valence-corrected chi connectivity index (χ2v) is 12.4. The van der Waals surface area contributed by atoms with Gasteiger partial charge in [-0.15, -0.1) is 0 Å². The molecule has 1 aromatic heterocycles. The third-order valence-electron chi connectivity index (χ3n) is 7.97. The molecule has 0 saturated carbocycles. The van der Waals surface area contributed by atoms with Crippen LogP contribution in [0.2, 0.25) is 0 Å². The standard InChI is InChI=1S/C32H41N5O2S2/c1-4-6-7-8-9-13-16-37-31(39)28(41-32(37)40)21-26-24(3)27(22-33)30(38)36(5-2)29(26)35-19-17-34(18-20-35)23-25-14-11-10-12-15-25/h10-12,14-15,21H,4-9,13,16-20,23H2,1-3H3/b28-21+. The Morgan fingerprint density at radius 1 is 1.00 bits per heavy atom. The molecule has 0 bridgehead atoms. The van der Waals surface area contributed by atoms with E-state index in [1.165, 1.54) is 43.0 Å². The van der Waals surface area contributed by atoms with E-state index in [2.05, 4.69) is 47.1 Å². The molecule has 7 nitrogen and oxygen atoms in total. The number of pyridine rings is 1. The predicted octanol–water partition coefficient (Wildman–Crippen LogP) is 5.93. The number of anilines is 1. The number of rotatable bonds is 12. The van der Waals surface area contributed by atoms with Crippen LogP contribution >= 0.6 is 24.0 Å². The fourth-order valence-corrected chi connectivity index (χ4v) is 6.90. The number of hydrogen-bond donors (Lipinski definition) is 0. The summed E-state index contributed by atoms with van der Waals surface area (Å²) in [6, 6.07) is 12.6. The van der Waals surface area contributed by atoms with Gasteiger partial charge in [-0.2, -0.15) is 5.26 Å². The van der Waals surface area contributed by atoms with Gasteiger partial charge in [-0.1, -0.05) is 93.3 Å². The molecular weight excluding hydrogens is 551 g/mol. The van der Waals surface area contributed by atoms with Crippen molar-refractivity contribution >= 4 is 46.1 Å². The average molecular weight is 592 g/mol. The summed E-state index contributed by atoms with van der Waals surface area (Å²) in [5.41, 5.74) is 2.52. The molecule has 4 rings (SSSR count). The van der Waals surface area contributed by atoms with Gasteiger partial charge in [0.25, 0.3) is 11.5 Å². The van der Waals surface area contributed by atoms with Crippen molar-refractivity contribution in [1.82, 2.24) is 14.4 Å². The van der Waals surface area contributed by atoms with Crippen LogP contribution in [0, 0.1) is 18.3 Å². The number of aromatic nitrogens is 1. The van der Waals surface area contributed by atoms with Crippen LogP contribution < -0.4 is 10.5 Å². The number of nitriles is 1. The molecule has 9 heteroatoms. The lowest BCUT2D eigenvalue weighted by Crippen LogP contribution is -2.48. The van der Waals surface area contributed by atoms with Crippen LogP contribution in [0.15, 0.2) is 40.0 Å². The zero-order valence-corrected chi connectivity index (χ0v) is 26.2. The highest BCUT2D eigenvalue weighted by atomic mass is 32.2. The zero-order valence-electron chi connectivity index (χ0n) is 24.5. The summed E-state index contributed by atoms with van der Waals surface area (Å²) in [6.45, 7) is 11.1. The van der Waals surface area contributed by atoms with Crippen LogP contribution in [0.5, 0.6) is 0 Å². The average Bonchev–Trinajstić information content (AvgIpc) is 3.24. The maximum absolute atomic E-state index is 13.5. The number of thioether (sulfide) groups is 1. The van der Waals surface area contributed by atoms with Gasteiger partial charge in [-0.05, 0) is 37.5 Å². The lowest BCUT2D eigenvalue weighted by atomic mass is 10.0. The molecular formula is C32H41N5O2S2. The van der Waals surface area contributed by atoms with Crippen molar-refractivity contribution in [2.24, 2.45) is 0 Å². The first-order valence-corrected chi connectivity index (χ1v) is 16.1. The Kier molecular flexibility index (Phi) is 11.2. The number of thiocarbonyl (C=S) groups is 1. The van der Waals surface area contributed by atoms with Crippen molar-refractivity contribution in [3.8, 4) is 6.07 Å². The highest BCUT2D eigenvalue weighted by Crippen LogP contribution is 2.36. The second-order valence-electron chi connectivity index (χ2n) is 10.7. The minimum Gasteiger partial charge on any atom is -0.355 e. The SMILES string of the molecule is CCCCCCCCN1C(=O)/C(=C\c2c(C)c(C#N)c(=O)n(CC)c2N2CCN(Cc3ccccc3)CC2)SC1=S. The molecule has 0 atom stereocenters. The first kappa shape index (κ1) is 31.0. The Morgan fingerprint density at radius 3 is 2.34 bits per heavy atom. The van der Waals surface area contributed by atoms with Crippen LogP contribution in [0.1, 0.15) is 74.6 Å². The van der Waals surface area contributed by atoms with E-state index in [9.17, 15) is 14.9 Å². The third-order valence-corrected chi connectivity index (χ3v) is 9.35. The molecule has 0 spiro atoms. The Labute approximate surface area is 253 Å². The molecule has 2 saturated heterocycles. The monoisotopic (exact) mass is 591 g/mol. The molecule has 1 aromatic carbocycles. The van der Waals surface area contributed by atoms with Gasteiger partial charge in [0, 0.05) is 51.4 Å². The minimum atomic E-state index is -0.276. The van der Waals surface area contributed by atoms with E-state index in [-0.39, 0.29) is 17.0 Å². The van der Waals surface area contributed by atoms with Crippen molar-refractivity contribution < 1.29 is 4.79 Å². The fraction of sp³-hybridized carbons (Fsp3) is 0.500. The van der Waals surface area contributed by atoms with Gasteiger partial charge in [0.2, 0.25) is 0 Å². The van der Waals surface area contributed by atoms with Gasteiger partial charge >= 0.3 is 0 Å². The number of benzene rings is 1. The van der Waals surface area contributed by atoms with Crippen molar-refractivity contribution in [1.29, 1.82) is 5.26 Å². The molecule has 3 heterocycles. The van der Waals surface area contributed by atoms with Gasteiger partial charge in [0.15, 0.2) is 0 Å². The lowest BCUT2D eigenvalue weighted by Gasteiger charge is -2.38. The number of unbranched alkanes of at least 4 members (excludes halogenated alkanes) is 5. The molecule has 41 heavy (non-hydrogen) atoms. The molecule has 0 N–H and O–H groups in total. The fourth-order valence-electron chi connectivity index (χ4n) is 5.61. The second kappa shape index (κ2) is 14.8. The van der Waals surface area contributed by atoms with E-state index in [0.29, 0.717) is 27.9 Å². The van der Waals surface area contributed by atoms with Gasteiger partial charge in [0.05, 0.1) is 4.91 Å². The van der Waals surface area contributed by atoms with E-state index >= 15 is 0 Å². The molecule has 2 aromatic rings. The van der Waals surface area contributed by atoms with E-state index < -0.39 is 0 Å². The highest BCUT2D eigenvalue weighted by Gasteiger charge is 2.33. The summed E-state index contributed by atoms with van der Waals surface area (Å²) in [4.78, 5) is 33.8. The number of carbonyl (C=O) groups excluding carboxylic acids is 1. The van der Waals surface area contributed by atoms with Crippen molar-refractivity contribution in [3.05, 3.63) is 67.8 Å². The molecule has 218 valence electrons. The Morgan fingerprint density at radius 2 is 1.68 bits per heavy atom. The van der Waals surface area contributed by atoms with Crippen molar-refractivity contribution in [3.63, 3.8) is 0 Å². The van der Waals surface area contributed by atoms with Crippen LogP contribution in [0.3, 0.4) is 0 Å². The smallest absolute Gasteiger partial charge is 0.270 e. The zero-order chi connectivity index (χ0) is 29.4. The Balaban J connectivity index is 1.59. The number of amides is 1. The molecule has 2 fully saturated rings. The van der Waals surface area contributed by atoms with Gasteiger partial charge < -0.3 is 4.90 Å².